The summed E-state index contributed by atoms with van der Waals surface area (Å²) in [6.45, 7) is 1.89. The predicted molar refractivity (Wildman–Crippen MR) is 58.6 cm³/mol. The van der Waals surface area contributed by atoms with Crippen molar-refractivity contribution in [2.75, 3.05) is 0 Å². The summed E-state index contributed by atoms with van der Waals surface area (Å²) in [5, 5.41) is 9.02. The number of carbonyl (C=O) groups is 1. The Balaban J connectivity index is 2.63. The van der Waals surface area contributed by atoms with E-state index < -0.39 is 5.97 Å². The van der Waals surface area contributed by atoms with E-state index in [9.17, 15) is 4.79 Å². The molecule has 0 saturated heterocycles. The molecule has 4 nitrogen and oxygen atoms in total. The van der Waals surface area contributed by atoms with E-state index in [1.807, 2.05) is 41.9 Å². The number of benzene rings is 1. The molecule has 0 aliphatic carbocycles. The molecule has 82 valence electrons. The fraction of sp³-hybridized carbons (Fsp3) is 0.167. The van der Waals surface area contributed by atoms with Gasteiger partial charge in [-0.25, -0.2) is 4.79 Å². The molecule has 0 spiro atoms. The maximum Gasteiger partial charge on any atom is 0.403 e. The minimum absolute atomic E-state index is 0.279. The highest BCUT2D eigenvalue weighted by Crippen LogP contribution is 2.09. The smallest absolute Gasteiger partial charge is 0.403 e. The molecule has 0 amide bonds. The van der Waals surface area contributed by atoms with Crippen LogP contribution in [0.2, 0.25) is 0 Å². The first-order valence-corrected chi connectivity index (χ1v) is 4.98. The summed E-state index contributed by atoms with van der Waals surface area (Å²) in [6, 6.07) is 11.3. The van der Waals surface area contributed by atoms with Gasteiger partial charge in [0, 0.05) is 6.07 Å². The number of carboxylic acids is 1. The van der Waals surface area contributed by atoms with E-state index in [0.29, 0.717) is 0 Å². The molecule has 1 aromatic carbocycles. The van der Waals surface area contributed by atoms with Crippen LogP contribution >= 0.6 is 0 Å². The maximum absolute atomic E-state index is 11.0. The average molecular weight is 217 g/mol. The summed E-state index contributed by atoms with van der Waals surface area (Å²) >= 11 is 0. The van der Waals surface area contributed by atoms with Gasteiger partial charge in [-0.05, 0) is 19.1 Å². The first-order chi connectivity index (χ1) is 7.61. The normalized spacial score (nSPS) is 10.4. The highest BCUT2D eigenvalue weighted by molar-refractivity contribution is 5.83. The number of aromatic nitrogens is 2. The number of carboxylic acid groups (broad SMARTS) is 1. The zero-order chi connectivity index (χ0) is 11.7. The Hall–Kier alpha value is -2.10. The van der Waals surface area contributed by atoms with E-state index in [0.717, 1.165) is 11.4 Å². The highest BCUT2D eigenvalue weighted by atomic mass is 16.4. The van der Waals surface area contributed by atoms with Gasteiger partial charge in [-0.3, -0.25) is 0 Å². The van der Waals surface area contributed by atoms with Crippen LogP contribution in [0.3, 0.4) is 0 Å². The molecule has 0 aliphatic rings. The number of para-hydroxylation sites is 1. The standard InChI is InChI=1S/C12H12N2O2/c1-9-8-11(12(15)16)13(2)14(9)10-6-4-3-5-7-10/h3-8H,1-2H3/p+1. The van der Waals surface area contributed by atoms with E-state index in [1.165, 1.54) is 0 Å². The van der Waals surface area contributed by atoms with Crippen LogP contribution in [0.1, 0.15) is 16.2 Å². The number of aryl methyl sites for hydroxylation is 1. The van der Waals surface area contributed by atoms with Crippen LogP contribution in [-0.4, -0.2) is 15.8 Å². The average Bonchev–Trinajstić information content (AvgIpc) is 2.56. The number of hydrogen-bond acceptors (Lipinski definition) is 1. The van der Waals surface area contributed by atoms with Crippen LogP contribution in [0, 0.1) is 6.92 Å². The first-order valence-electron chi connectivity index (χ1n) is 4.98. The van der Waals surface area contributed by atoms with Crippen molar-refractivity contribution < 1.29 is 14.6 Å². The molecule has 0 aliphatic heterocycles. The molecule has 1 heterocycles. The fourth-order valence-electron chi connectivity index (χ4n) is 1.84. The minimum Gasteiger partial charge on any atom is -0.473 e. The number of aromatic carboxylic acids is 1. The SMILES string of the molecule is Cc1cc(C(=O)O)[n+](C)n1-c1ccccc1. The third kappa shape index (κ3) is 1.58. The monoisotopic (exact) mass is 217 g/mol. The van der Waals surface area contributed by atoms with Gasteiger partial charge in [0.05, 0.1) is 5.69 Å². The molecule has 0 unspecified atom stereocenters. The molecule has 1 N–H and O–H groups in total. The third-order valence-electron chi connectivity index (χ3n) is 2.55. The molecule has 2 rings (SSSR count). The zero-order valence-electron chi connectivity index (χ0n) is 9.21. The van der Waals surface area contributed by atoms with Gasteiger partial charge >= 0.3 is 11.7 Å². The quantitative estimate of drug-likeness (QED) is 0.771. The third-order valence-corrected chi connectivity index (χ3v) is 2.55. The Morgan fingerprint density at radius 3 is 2.44 bits per heavy atom. The Kier molecular flexibility index (Phi) is 2.48. The summed E-state index contributed by atoms with van der Waals surface area (Å²) in [4.78, 5) is 11.0. The van der Waals surface area contributed by atoms with Gasteiger partial charge in [-0.2, -0.15) is 0 Å². The summed E-state index contributed by atoms with van der Waals surface area (Å²) in [7, 11) is 1.74. The molecule has 4 heteroatoms. The van der Waals surface area contributed by atoms with Gasteiger partial charge in [0.2, 0.25) is 0 Å². The molecule has 1 aromatic heterocycles. The van der Waals surface area contributed by atoms with Crippen molar-refractivity contribution in [3.8, 4) is 5.69 Å². The van der Waals surface area contributed by atoms with Crippen LogP contribution in [0.15, 0.2) is 36.4 Å². The van der Waals surface area contributed by atoms with E-state index in [-0.39, 0.29) is 5.69 Å². The lowest BCUT2D eigenvalue weighted by Gasteiger charge is -2.01. The second-order valence-corrected chi connectivity index (χ2v) is 3.65. The van der Waals surface area contributed by atoms with Crippen LogP contribution in [0.5, 0.6) is 0 Å². The Bertz CT molecular complexity index is 529. The van der Waals surface area contributed by atoms with E-state index in [1.54, 1.807) is 17.8 Å². The van der Waals surface area contributed by atoms with Crippen molar-refractivity contribution in [2.45, 2.75) is 6.92 Å². The summed E-state index contributed by atoms with van der Waals surface area (Å²) in [5.41, 5.74) is 2.13. The largest absolute Gasteiger partial charge is 0.473 e. The zero-order valence-corrected chi connectivity index (χ0v) is 9.21. The molecule has 0 atom stereocenters. The molecule has 16 heavy (non-hydrogen) atoms. The summed E-state index contributed by atoms with van der Waals surface area (Å²) in [5.74, 6) is -0.916. The lowest BCUT2D eigenvalue weighted by Crippen LogP contribution is -2.43. The lowest BCUT2D eigenvalue weighted by molar-refractivity contribution is -0.746. The lowest BCUT2D eigenvalue weighted by atomic mass is 10.3. The second-order valence-electron chi connectivity index (χ2n) is 3.65. The van der Waals surface area contributed by atoms with Gasteiger partial charge in [0.25, 0.3) is 0 Å². The fourth-order valence-corrected chi connectivity index (χ4v) is 1.84. The van der Waals surface area contributed by atoms with E-state index in [4.69, 9.17) is 5.11 Å². The number of nitrogens with zero attached hydrogens (tertiary/aromatic N) is 2. The van der Waals surface area contributed by atoms with E-state index in [2.05, 4.69) is 0 Å². The maximum atomic E-state index is 11.0. The summed E-state index contributed by atoms with van der Waals surface area (Å²) in [6.07, 6.45) is 0. The highest BCUT2D eigenvalue weighted by Gasteiger charge is 2.23. The Labute approximate surface area is 93.4 Å². The van der Waals surface area contributed by atoms with Crippen molar-refractivity contribution in [1.29, 1.82) is 0 Å². The molecule has 0 saturated carbocycles. The van der Waals surface area contributed by atoms with Crippen molar-refractivity contribution in [3.05, 3.63) is 47.8 Å². The van der Waals surface area contributed by atoms with Crippen LogP contribution in [0.4, 0.5) is 0 Å². The topological polar surface area (TPSA) is 46.1 Å². The summed E-state index contributed by atoms with van der Waals surface area (Å²) < 4.78 is 3.50. The van der Waals surface area contributed by atoms with Gasteiger partial charge in [-0.1, -0.05) is 22.9 Å². The molecule has 0 radical (unpaired) electrons. The van der Waals surface area contributed by atoms with Crippen molar-refractivity contribution in [3.63, 3.8) is 0 Å². The van der Waals surface area contributed by atoms with E-state index >= 15 is 0 Å². The molecular formula is C12H13N2O2+. The molecule has 0 fully saturated rings. The molecule has 0 bridgehead atoms. The van der Waals surface area contributed by atoms with Crippen LogP contribution in [-0.2, 0) is 7.05 Å². The molecule has 2 aromatic rings. The van der Waals surface area contributed by atoms with Crippen LogP contribution in [0.25, 0.3) is 5.69 Å². The van der Waals surface area contributed by atoms with Gasteiger partial charge in [-0.15, -0.1) is 4.68 Å². The molecular weight excluding hydrogens is 204 g/mol. The van der Waals surface area contributed by atoms with Crippen molar-refractivity contribution in [2.24, 2.45) is 7.05 Å². The van der Waals surface area contributed by atoms with Gasteiger partial charge in [0.1, 0.15) is 5.69 Å². The number of rotatable bonds is 2. The first kappa shape index (κ1) is 10.4. The van der Waals surface area contributed by atoms with Crippen LogP contribution < -0.4 is 4.68 Å². The van der Waals surface area contributed by atoms with Gasteiger partial charge < -0.3 is 5.11 Å². The minimum atomic E-state index is -0.916. The second kappa shape index (κ2) is 3.81. The number of hydrogen-bond donors (Lipinski definition) is 1. The Morgan fingerprint density at radius 1 is 1.31 bits per heavy atom. The Morgan fingerprint density at radius 2 is 1.94 bits per heavy atom. The predicted octanol–water partition coefficient (Wildman–Crippen LogP) is 1.31. The van der Waals surface area contributed by atoms with Crippen molar-refractivity contribution >= 4 is 5.97 Å². The van der Waals surface area contributed by atoms with Gasteiger partial charge in [0.15, 0.2) is 7.05 Å². The van der Waals surface area contributed by atoms with Crippen molar-refractivity contribution in [1.82, 2.24) is 4.68 Å².